The van der Waals surface area contributed by atoms with Gasteiger partial charge in [-0.3, -0.25) is 0 Å². The Morgan fingerprint density at radius 2 is 0.930 bits per heavy atom. The lowest BCUT2D eigenvalue weighted by molar-refractivity contribution is 0.257. The molecule has 2 fully saturated rings. The van der Waals surface area contributed by atoms with E-state index in [4.69, 9.17) is 18.9 Å². The fraction of sp³-hybridized carbons (Fsp3) is 0.179. The van der Waals surface area contributed by atoms with Crippen LogP contribution < -0.4 is 9.47 Å². The van der Waals surface area contributed by atoms with E-state index in [1.165, 1.54) is 33.0 Å². The van der Waals surface area contributed by atoms with Crippen molar-refractivity contribution in [3.8, 4) is 22.6 Å². The summed E-state index contributed by atoms with van der Waals surface area (Å²) < 4.78 is 24.6. The largest absolute Gasteiger partial charge is 0.490 e. The maximum Gasteiger partial charge on any atom is 0.124 e. The van der Waals surface area contributed by atoms with Gasteiger partial charge in [-0.15, -0.1) is 0 Å². The van der Waals surface area contributed by atoms with E-state index in [1.807, 2.05) is 0 Å². The Morgan fingerprint density at radius 3 is 1.40 bits per heavy atom. The van der Waals surface area contributed by atoms with E-state index < -0.39 is 5.41 Å². The molecule has 43 heavy (non-hydrogen) atoms. The fourth-order valence-electron chi connectivity index (χ4n) is 7.11. The van der Waals surface area contributed by atoms with Gasteiger partial charge in [-0.25, -0.2) is 0 Å². The molecule has 6 aromatic rings. The minimum absolute atomic E-state index is 0.133. The molecule has 0 bridgehead atoms. The van der Waals surface area contributed by atoms with Gasteiger partial charge in [0, 0.05) is 11.1 Å². The zero-order valence-electron chi connectivity index (χ0n) is 23.7. The van der Waals surface area contributed by atoms with Gasteiger partial charge in [0.15, 0.2) is 0 Å². The molecule has 0 radical (unpaired) electrons. The molecule has 1 aliphatic carbocycles. The number of hydrogen-bond donors (Lipinski definition) is 0. The first-order valence-corrected chi connectivity index (χ1v) is 15.0. The molecular weight excluding hydrogens is 532 g/mol. The summed E-state index contributed by atoms with van der Waals surface area (Å²) in [6.45, 7) is 2.51. The summed E-state index contributed by atoms with van der Waals surface area (Å²) in [7, 11) is 0. The van der Waals surface area contributed by atoms with Crippen LogP contribution >= 0.6 is 0 Å². The summed E-state index contributed by atoms with van der Waals surface area (Å²) in [4.78, 5) is 0. The van der Waals surface area contributed by atoms with E-state index in [9.17, 15) is 0 Å². The number of hydrogen-bond acceptors (Lipinski definition) is 4. The lowest BCUT2D eigenvalue weighted by Gasteiger charge is -2.38. The van der Waals surface area contributed by atoms with E-state index >= 15 is 0 Å². The van der Waals surface area contributed by atoms with Crippen LogP contribution in [0, 0.1) is 0 Å². The van der Waals surface area contributed by atoms with Crippen LogP contribution in [0.5, 0.6) is 11.5 Å². The summed E-state index contributed by atoms with van der Waals surface area (Å²) in [5.74, 6) is 1.73. The number of benzene rings is 6. The van der Waals surface area contributed by atoms with Crippen molar-refractivity contribution in [2.75, 3.05) is 26.4 Å². The van der Waals surface area contributed by atoms with Crippen molar-refractivity contribution in [2.45, 2.75) is 17.6 Å². The van der Waals surface area contributed by atoms with Gasteiger partial charge in [0.1, 0.15) is 36.9 Å². The molecule has 210 valence electrons. The number of fused-ring (bicyclic) bond motifs is 5. The van der Waals surface area contributed by atoms with Crippen LogP contribution in [0.1, 0.15) is 22.3 Å². The molecule has 2 saturated heterocycles. The Kier molecular flexibility index (Phi) is 5.62. The highest BCUT2D eigenvalue weighted by molar-refractivity contribution is 6.00. The van der Waals surface area contributed by atoms with Crippen molar-refractivity contribution in [3.05, 3.63) is 144 Å². The summed E-state index contributed by atoms with van der Waals surface area (Å²) in [5, 5.41) is 4.66. The van der Waals surface area contributed by atoms with Crippen LogP contribution in [0.3, 0.4) is 0 Å². The zero-order chi connectivity index (χ0) is 28.4. The number of rotatable bonds is 8. The highest BCUT2D eigenvalue weighted by Crippen LogP contribution is 2.62. The first-order chi connectivity index (χ1) is 21.3. The van der Waals surface area contributed by atoms with Crippen LogP contribution in [-0.4, -0.2) is 38.6 Å². The fourth-order valence-corrected chi connectivity index (χ4v) is 7.11. The van der Waals surface area contributed by atoms with Gasteiger partial charge in [-0.05, 0) is 55.9 Å². The lowest BCUT2D eigenvalue weighted by atomic mass is 9.64. The summed E-state index contributed by atoms with van der Waals surface area (Å²) in [6, 6.07) is 43.7. The van der Waals surface area contributed by atoms with Crippen molar-refractivity contribution < 1.29 is 18.9 Å². The first kappa shape index (κ1) is 24.9. The topological polar surface area (TPSA) is 43.5 Å². The van der Waals surface area contributed by atoms with Crippen molar-refractivity contribution in [1.82, 2.24) is 0 Å². The Hall–Kier alpha value is -4.64. The standard InChI is InChI=1S/C39H30O4/c1-3-11-29-25(9-1)17-19-35(42-23-27-21-40-27)37(29)39(33-15-7-5-13-31(33)32-14-6-8-16-34(32)39)38-30-12-4-2-10-26(30)18-20-36(38)43-24-28-22-41-28/h1-20,27-28H,21-24H2. The summed E-state index contributed by atoms with van der Waals surface area (Å²) >= 11 is 0. The predicted octanol–water partition coefficient (Wildman–Crippen LogP) is 7.91. The van der Waals surface area contributed by atoms with E-state index in [0.29, 0.717) is 13.2 Å². The predicted molar refractivity (Wildman–Crippen MR) is 169 cm³/mol. The van der Waals surface area contributed by atoms with Gasteiger partial charge in [-0.2, -0.15) is 0 Å². The minimum atomic E-state index is -0.728. The van der Waals surface area contributed by atoms with Crippen molar-refractivity contribution in [1.29, 1.82) is 0 Å². The highest BCUT2D eigenvalue weighted by Gasteiger charge is 2.51. The molecule has 3 aliphatic rings. The van der Waals surface area contributed by atoms with Gasteiger partial charge in [0.2, 0.25) is 0 Å². The van der Waals surface area contributed by atoms with Crippen LogP contribution in [0.25, 0.3) is 32.7 Å². The van der Waals surface area contributed by atoms with Gasteiger partial charge < -0.3 is 18.9 Å². The Labute approximate surface area is 250 Å². The van der Waals surface area contributed by atoms with Crippen molar-refractivity contribution in [2.24, 2.45) is 0 Å². The summed E-state index contributed by atoms with van der Waals surface area (Å²) in [6.07, 6.45) is 0.266. The van der Waals surface area contributed by atoms with E-state index in [1.54, 1.807) is 0 Å². The molecular formula is C39H30O4. The van der Waals surface area contributed by atoms with Crippen LogP contribution in [0.15, 0.2) is 121 Å². The van der Waals surface area contributed by atoms with Gasteiger partial charge in [0.25, 0.3) is 0 Å². The second-order valence-electron chi connectivity index (χ2n) is 11.7. The average Bonchev–Trinajstić information content (AvgIpc) is 4.01. The normalized spacial score (nSPS) is 19.2. The number of epoxide rings is 2. The monoisotopic (exact) mass is 562 g/mol. The molecule has 0 saturated carbocycles. The molecule has 0 aromatic heterocycles. The highest BCUT2D eigenvalue weighted by atomic mass is 16.6. The Morgan fingerprint density at radius 1 is 0.512 bits per heavy atom. The second-order valence-corrected chi connectivity index (χ2v) is 11.7. The molecule has 0 amide bonds. The third kappa shape index (κ3) is 3.91. The molecule has 2 heterocycles. The molecule has 0 spiro atoms. The van der Waals surface area contributed by atoms with Crippen molar-refractivity contribution >= 4 is 21.5 Å². The molecule has 9 rings (SSSR count). The van der Waals surface area contributed by atoms with Crippen LogP contribution in [0.2, 0.25) is 0 Å². The average molecular weight is 563 g/mol. The zero-order valence-corrected chi connectivity index (χ0v) is 23.7. The maximum absolute atomic E-state index is 6.73. The minimum Gasteiger partial charge on any atom is -0.490 e. The third-order valence-electron chi connectivity index (χ3n) is 9.14. The number of ether oxygens (including phenoxy) is 4. The maximum atomic E-state index is 6.73. The van der Waals surface area contributed by atoms with E-state index in [-0.39, 0.29) is 12.2 Å². The first-order valence-electron chi connectivity index (χ1n) is 15.0. The molecule has 4 heteroatoms. The van der Waals surface area contributed by atoms with Crippen molar-refractivity contribution in [3.63, 3.8) is 0 Å². The molecule has 4 nitrogen and oxygen atoms in total. The van der Waals surface area contributed by atoms with Crippen LogP contribution in [-0.2, 0) is 14.9 Å². The molecule has 6 aromatic carbocycles. The molecule has 2 aliphatic heterocycles. The SMILES string of the molecule is c1ccc2c(c1)-c1ccccc1C2(c1c(OCC2CO2)ccc2ccccc12)c1c(OCC2CO2)ccc2ccccc12. The second kappa shape index (κ2) is 9.70. The third-order valence-corrected chi connectivity index (χ3v) is 9.14. The smallest absolute Gasteiger partial charge is 0.124 e. The lowest BCUT2D eigenvalue weighted by Crippen LogP contribution is -2.31. The molecule has 2 atom stereocenters. The van der Waals surface area contributed by atoms with E-state index in [2.05, 4.69) is 121 Å². The summed E-state index contributed by atoms with van der Waals surface area (Å²) in [5.41, 5.74) is 6.45. The van der Waals surface area contributed by atoms with Gasteiger partial charge in [0.05, 0.1) is 18.6 Å². The van der Waals surface area contributed by atoms with Gasteiger partial charge >= 0.3 is 0 Å². The molecule has 2 unspecified atom stereocenters. The van der Waals surface area contributed by atoms with Crippen LogP contribution in [0.4, 0.5) is 0 Å². The quantitative estimate of drug-likeness (QED) is 0.177. The van der Waals surface area contributed by atoms with Gasteiger partial charge in [-0.1, -0.05) is 109 Å². The Bertz CT molecular complexity index is 1870. The Balaban J connectivity index is 1.47. The molecule has 0 N–H and O–H groups in total. The van der Waals surface area contributed by atoms with E-state index in [0.717, 1.165) is 46.6 Å².